The van der Waals surface area contributed by atoms with Crippen LogP contribution in [0.3, 0.4) is 0 Å². The lowest BCUT2D eigenvalue weighted by molar-refractivity contribution is 0.0955. The Hall–Kier alpha value is -2.49. The van der Waals surface area contributed by atoms with Crippen LogP contribution in [0, 0.1) is 6.92 Å². The fraction of sp³-hybridized carbons (Fsp3) is 0.235. The standard InChI is InChI=1S/C17H21N3O/c1-13-8-9-14(12-16(13)18)17(21)19-10-11-20(2)15-6-4-3-5-7-15/h3-9,12H,10-11,18H2,1-2H3,(H,19,21). The summed E-state index contributed by atoms with van der Waals surface area (Å²) in [6.07, 6.45) is 0. The van der Waals surface area contributed by atoms with Gasteiger partial charge in [0.15, 0.2) is 0 Å². The summed E-state index contributed by atoms with van der Waals surface area (Å²) in [6, 6.07) is 15.4. The van der Waals surface area contributed by atoms with E-state index in [0.29, 0.717) is 17.8 Å². The van der Waals surface area contributed by atoms with E-state index >= 15 is 0 Å². The molecule has 0 aromatic heterocycles. The molecule has 2 rings (SSSR count). The second kappa shape index (κ2) is 6.79. The highest BCUT2D eigenvalue weighted by Gasteiger charge is 2.07. The number of carbonyl (C=O) groups excluding carboxylic acids is 1. The number of nitrogens with two attached hydrogens (primary N) is 1. The highest BCUT2D eigenvalue weighted by Crippen LogP contribution is 2.13. The van der Waals surface area contributed by atoms with Crippen molar-refractivity contribution < 1.29 is 4.79 Å². The maximum Gasteiger partial charge on any atom is 0.251 e. The molecule has 110 valence electrons. The Kier molecular flexibility index (Phi) is 4.82. The number of benzene rings is 2. The van der Waals surface area contributed by atoms with E-state index in [0.717, 1.165) is 17.8 Å². The molecule has 0 fully saturated rings. The van der Waals surface area contributed by atoms with Crippen LogP contribution in [-0.4, -0.2) is 26.0 Å². The Morgan fingerprint density at radius 1 is 1.19 bits per heavy atom. The molecule has 2 aromatic rings. The first-order valence-corrected chi connectivity index (χ1v) is 6.98. The van der Waals surface area contributed by atoms with Crippen LogP contribution in [0.1, 0.15) is 15.9 Å². The fourth-order valence-corrected chi connectivity index (χ4v) is 2.03. The molecular weight excluding hydrogens is 262 g/mol. The largest absolute Gasteiger partial charge is 0.398 e. The number of aryl methyl sites for hydroxylation is 1. The van der Waals surface area contributed by atoms with Gasteiger partial charge in [-0.25, -0.2) is 0 Å². The molecule has 21 heavy (non-hydrogen) atoms. The minimum atomic E-state index is -0.0943. The average Bonchev–Trinajstić information content (AvgIpc) is 2.50. The molecule has 0 spiro atoms. The Morgan fingerprint density at radius 2 is 1.90 bits per heavy atom. The monoisotopic (exact) mass is 283 g/mol. The van der Waals surface area contributed by atoms with E-state index in [9.17, 15) is 4.79 Å². The van der Waals surface area contributed by atoms with Crippen LogP contribution >= 0.6 is 0 Å². The van der Waals surface area contributed by atoms with Gasteiger partial charge in [0, 0.05) is 37.1 Å². The molecule has 0 saturated heterocycles. The summed E-state index contributed by atoms with van der Waals surface area (Å²) in [5, 5.41) is 2.91. The summed E-state index contributed by atoms with van der Waals surface area (Å²) >= 11 is 0. The lowest BCUT2D eigenvalue weighted by atomic mass is 10.1. The zero-order valence-corrected chi connectivity index (χ0v) is 12.5. The van der Waals surface area contributed by atoms with Crippen LogP contribution in [0.5, 0.6) is 0 Å². The number of para-hydroxylation sites is 1. The van der Waals surface area contributed by atoms with Gasteiger partial charge in [0.1, 0.15) is 0 Å². The zero-order chi connectivity index (χ0) is 15.2. The maximum atomic E-state index is 12.0. The zero-order valence-electron chi connectivity index (χ0n) is 12.5. The van der Waals surface area contributed by atoms with Crippen molar-refractivity contribution in [3.8, 4) is 0 Å². The van der Waals surface area contributed by atoms with Gasteiger partial charge in [0.25, 0.3) is 5.91 Å². The SMILES string of the molecule is Cc1ccc(C(=O)NCCN(C)c2ccccc2)cc1N. The minimum absolute atomic E-state index is 0.0943. The molecule has 0 saturated carbocycles. The first kappa shape index (κ1) is 14.9. The number of hydrogen-bond acceptors (Lipinski definition) is 3. The Bertz CT molecular complexity index is 611. The quantitative estimate of drug-likeness (QED) is 0.829. The number of nitrogens with zero attached hydrogens (tertiary/aromatic N) is 1. The third-order valence-electron chi connectivity index (χ3n) is 3.47. The van der Waals surface area contributed by atoms with Crippen LogP contribution in [0.25, 0.3) is 0 Å². The van der Waals surface area contributed by atoms with E-state index in [1.54, 1.807) is 12.1 Å². The molecule has 2 aromatic carbocycles. The number of anilines is 2. The van der Waals surface area contributed by atoms with Gasteiger partial charge >= 0.3 is 0 Å². The third-order valence-corrected chi connectivity index (χ3v) is 3.47. The predicted octanol–water partition coefficient (Wildman–Crippen LogP) is 2.44. The summed E-state index contributed by atoms with van der Waals surface area (Å²) < 4.78 is 0. The van der Waals surface area contributed by atoms with Gasteiger partial charge in [-0.1, -0.05) is 24.3 Å². The van der Waals surface area contributed by atoms with Gasteiger partial charge in [0.05, 0.1) is 0 Å². The first-order valence-electron chi connectivity index (χ1n) is 6.98. The average molecular weight is 283 g/mol. The molecule has 0 unspecified atom stereocenters. The normalized spacial score (nSPS) is 10.2. The van der Waals surface area contributed by atoms with Gasteiger partial charge in [-0.2, -0.15) is 0 Å². The topological polar surface area (TPSA) is 58.4 Å². The van der Waals surface area contributed by atoms with Crippen LogP contribution in [0.4, 0.5) is 11.4 Å². The molecule has 1 amide bonds. The maximum absolute atomic E-state index is 12.0. The fourth-order valence-electron chi connectivity index (χ4n) is 2.03. The van der Waals surface area contributed by atoms with Gasteiger partial charge in [-0.05, 0) is 36.8 Å². The lowest BCUT2D eigenvalue weighted by Crippen LogP contribution is -2.33. The highest BCUT2D eigenvalue weighted by atomic mass is 16.1. The van der Waals surface area contributed by atoms with Crippen LogP contribution < -0.4 is 16.0 Å². The van der Waals surface area contributed by atoms with Gasteiger partial charge < -0.3 is 16.0 Å². The molecule has 0 aliphatic rings. The Morgan fingerprint density at radius 3 is 2.57 bits per heavy atom. The van der Waals surface area contributed by atoms with E-state index in [2.05, 4.69) is 10.2 Å². The highest BCUT2D eigenvalue weighted by molar-refractivity contribution is 5.95. The third kappa shape index (κ3) is 3.99. The smallest absolute Gasteiger partial charge is 0.251 e. The molecule has 0 atom stereocenters. The van der Waals surface area contributed by atoms with E-state index in [1.165, 1.54) is 0 Å². The molecule has 4 nitrogen and oxygen atoms in total. The second-order valence-corrected chi connectivity index (χ2v) is 5.08. The number of nitrogen functional groups attached to an aromatic ring is 1. The van der Waals surface area contributed by atoms with E-state index in [4.69, 9.17) is 5.73 Å². The summed E-state index contributed by atoms with van der Waals surface area (Å²) in [5.41, 5.74) is 9.18. The van der Waals surface area contributed by atoms with Crippen LogP contribution in [-0.2, 0) is 0 Å². The van der Waals surface area contributed by atoms with Crippen LogP contribution in [0.2, 0.25) is 0 Å². The van der Waals surface area contributed by atoms with Crippen molar-refractivity contribution >= 4 is 17.3 Å². The lowest BCUT2D eigenvalue weighted by Gasteiger charge is -2.19. The molecule has 0 bridgehead atoms. The Labute approximate surface area is 125 Å². The van der Waals surface area contributed by atoms with Crippen molar-refractivity contribution in [2.75, 3.05) is 30.8 Å². The summed E-state index contributed by atoms with van der Waals surface area (Å²) in [7, 11) is 2.01. The van der Waals surface area contributed by atoms with Gasteiger partial charge in [-0.3, -0.25) is 4.79 Å². The van der Waals surface area contributed by atoms with Gasteiger partial charge in [-0.15, -0.1) is 0 Å². The summed E-state index contributed by atoms with van der Waals surface area (Å²) in [5.74, 6) is -0.0943. The molecule has 0 radical (unpaired) electrons. The number of nitrogens with one attached hydrogen (secondary N) is 1. The van der Waals surface area contributed by atoms with E-state index in [-0.39, 0.29) is 5.91 Å². The Balaban J connectivity index is 1.85. The number of carbonyl (C=O) groups is 1. The number of amides is 1. The molecule has 0 heterocycles. The van der Waals surface area contributed by atoms with Crippen molar-refractivity contribution in [2.24, 2.45) is 0 Å². The van der Waals surface area contributed by atoms with Crippen molar-refractivity contribution in [1.82, 2.24) is 5.32 Å². The molecule has 4 heteroatoms. The van der Waals surface area contributed by atoms with Crippen molar-refractivity contribution in [2.45, 2.75) is 6.92 Å². The summed E-state index contributed by atoms with van der Waals surface area (Å²) in [6.45, 7) is 3.25. The minimum Gasteiger partial charge on any atom is -0.398 e. The summed E-state index contributed by atoms with van der Waals surface area (Å²) in [4.78, 5) is 14.1. The number of likely N-dealkylation sites (N-methyl/N-ethyl adjacent to an activating group) is 1. The molecule has 0 aliphatic heterocycles. The van der Waals surface area contributed by atoms with Crippen LogP contribution in [0.15, 0.2) is 48.5 Å². The number of hydrogen-bond donors (Lipinski definition) is 2. The first-order chi connectivity index (χ1) is 10.1. The number of rotatable bonds is 5. The van der Waals surface area contributed by atoms with Crippen molar-refractivity contribution in [3.05, 3.63) is 59.7 Å². The predicted molar refractivity (Wildman–Crippen MR) is 87.6 cm³/mol. The second-order valence-electron chi connectivity index (χ2n) is 5.08. The van der Waals surface area contributed by atoms with E-state index < -0.39 is 0 Å². The van der Waals surface area contributed by atoms with Gasteiger partial charge in [0.2, 0.25) is 0 Å². The molecule has 3 N–H and O–H groups in total. The molecular formula is C17H21N3O. The van der Waals surface area contributed by atoms with E-state index in [1.807, 2.05) is 50.4 Å². The molecule has 0 aliphatic carbocycles. The van der Waals surface area contributed by atoms with Crippen molar-refractivity contribution in [1.29, 1.82) is 0 Å². The van der Waals surface area contributed by atoms with Crippen molar-refractivity contribution in [3.63, 3.8) is 0 Å².